The van der Waals surface area contributed by atoms with Crippen molar-refractivity contribution in [1.82, 2.24) is 10.3 Å². The summed E-state index contributed by atoms with van der Waals surface area (Å²) < 4.78 is 27.4. The Kier molecular flexibility index (Phi) is 6.83. The Morgan fingerprint density at radius 1 is 1.26 bits per heavy atom. The number of nitrogens with zero attached hydrogens (tertiary/aromatic N) is 3. The van der Waals surface area contributed by atoms with E-state index in [2.05, 4.69) is 10.3 Å². The smallest absolute Gasteiger partial charge is 0.247 e. The van der Waals surface area contributed by atoms with Gasteiger partial charge in [-0.15, -0.1) is 0 Å². The van der Waals surface area contributed by atoms with Crippen LogP contribution in [0.2, 0.25) is 0 Å². The van der Waals surface area contributed by atoms with Crippen LogP contribution in [0.3, 0.4) is 0 Å². The van der Waals surface area contributed by atoms with E-state index in [4.69, 9.17) is 0 Å². The highest BCUT2D eigenvalue weighted by Crippen LogP contribution is 2.28. The zero-order chi connectivity index (χ0) is 22.6. The molecule has 1 aliphatic heterocycles. The fraction of sp³-hybridized carbons (Fsp3) is 0.364. The van der Waals surface area contributed by atoms with Crippen molar-refractivity contribution in [3.05, 3.63) is 58.8 Å². The molecular formula is C22H24N4O4S. The van der Waals surface area contributed by atoms with E-state index in [-0.39, 0.29) is 34.8 Å². The number of hydrogen-bond donors (Lipinski definition) is 1. The largest absolute Gasteiger partial charge is 0.315 e. The van der Waals surface area contributed by atoms with Gasteiger partial charge in [-0.25, -0.2) is 13.4 Å². The Balaban J connectivity index is 2.11. The predicted octanol–water partition coefficient (Wildman–Crippen LogP) is 2.33. The lowest BCUT2D eigenvalue weighted by Crippen LogP contribution is -2.54. The van der Waals surface area contributed by atoms with E-state index in [1.807, 2.05) is 13.0 Å². The number of rotatable bonds is 8. The van der Waals surface area contributed by atoms with Crippen LogP contribution in [-0.4, -0.2) is 38.2 Å². The van der Waals surface area contributed by atoms with Gasteiger partial charge < -0.3 is 5.32 Å². The molecule has 0 radical (unpaired) electrons. The third-order valence-electron chi connectivity index (χ3n) is 5.08. The van der Waals surface area contributed by atoms with Gasteiger partial charge in [0.2, 0.25) is 15.9 Å². The van der Waals surface area contributed by atoms with Gasteiger partial charge in [-0.05, 0) is 25.0 Å². The van der Waals surface area contributed by atoms with E-state index in [0.717, 1.165) is 0 Å². The Labute approximate surface area is 182 Å². The lowest BCUT2D eigenvalue weighted by Gasteiger charge is -2.32. The maximum Gasteiger partial charge on any atom is 0.247 e. The van der Waals surface area contributed by atoms with E-state index in [0.29, 0.717) is 29.4 Å². The minimum atomic E-state index is -4.18. The first-order valence-electron chi connectivity index (χ1n) is 10.0. The van der Waals surface area contributed by atoms with Crippen LogP contribution in [0.25, 0.3) is 0 Å². The second kappa shape index (κ2) is 9.37. The van der Waals surface area contributed by atoms with Gasteiger partial charge in [-0.3, -0.25) is 9.59 Å². The van der Waals surface area contributed by atoms with E-state index < -0.39 is 27.6 Å². The van der Waals surface area contributed by atoms with Crippen molar-refractivity contribution in [1.29, 1.82) is 5.26 Å². The zero-order valence-electron chi connectivity index (χ0n) is 17.5. The molecule has 162 valence electrons. The number of sulfonamides is 1. The topological polar surface area (TPSA) is 120 Å². The minimum absolute atomic E-state index is 0.123. The molecule has 2 heterocycles. The van der Waals surface area contributed by atoms with E-state index in [9.17, 15) is 23.3 Å². The summed E-state index contributed by atoms with van der Waals surface area (Å²) in [4.78, 5) is 29.8. The van der Waals surface area contributed by atoms with Crippen LogP contribution >= 0.6 is 0 Å². The number of anilines is 1. The first kappa shape index (κ1) is 22.6. The quantitative estimate of drug-likeness (QED) is 0.626. The minimum Gasteiger partial charge on any atom is -0.315 e. The predicted molar refractivity (Wildman–Crippen MR) is 116 cm³/mol. The summed E-state index contributed by atoms with van der Waals surface area (Å²) in [5.74, 6) is -2.00. The Hall–Kier alpha value is -3.09. The molecule has 1 aliphatic rings. The number of aryl methyl sites for hydroxylation is 1. The van der Waals surface area contributed by atoms with Gasteiger partial charge in [0.15, 0.2) is 11.6 Å². The number of carbonyl (C=O) groups excluding carboxylic acids is 2. The van der Waals surface area contributed by atoms with Crippen LogP contribution in [-0.2, 0) is 20.6 Å². The number of hydrogen-bond acceptors (Lipinski definition) is 7. The van der Waals surface area contributed by atoms with Crippen molar-refractivity contribution in [2.75, 3.05) is 17.4 Å². The monoisotopic (exact) mass is 440 g/mol. The molecule has 1 fully saturated rings. The molecule has 0 aliphatic carbocycles. The maximum absolute atomic E-state index is 13.4. The van der Waals surface area contributed by atoms with Crippen LogP contribution in [0.15, 0.2) is 36.4 Å². The van der Waals surface area contributed by atoms with Crippen molar-refractivity contribution >= 4 is 27.5 Å². The first-order valence-corrected chi connectivity index (χ1v) is 11.7. The number of nitrogens with one attached hydrogen (secondary N) is 1. The molecule has 0 unspecified atom stereocenters. The molecular weight excluding hydrogens is 416 g/mol. The summed E-state index contributed by atoms with van der Waals surface area (Å²) in [5.41, 5.74) is 0.937. The van der Waals surface area contributed by atoms with Crippen molar-refractivity contribution in [2.24, 2.45) is 5.92 Å². The van der Waals surface area contributed by atoms with Crippen molar-refractivity contribution in [2.45, 2.75) is 32.4 Å². The molecule has 8 nitrogen and oxygen atoms in total. The van der Waals surface area contributed by atoms with Gasteiger partial charge in [0.1, 0.15) is 6.07 Å². The van der Waals surface area contributed by atoms with Crippen LogP contribution in [0.4, 0.5) is 5.82 Å². The molecule has 0 atom stereocenters. The average molecular weight is 441 g/mol. The molecule has 1 aromatic carbocycles. The number of carbonyl (C=O) groups is 2. The number of aromatic nitrogens is 1. The fourth-order valence-electron chi connectivity index (χ4n) is 3.33. The molecule has 31 heavy (non-hydrogen) atoms. The van der Waals surface area contributed by atoms with Crippen LogP contribution < -0.4 is 9.62 Å². The van der Waals surface area contributed by atoms with Crippen LogP contribution in [0, 0.1) is 24.2 Å². The number of pyridine rings is 1. The molecule has 1 saturated heterocycles. The van der Waals surface area contributed by atoms with E-state index in [1.165, 1.54) is 6.07 Å². The summed E-state index contributed by atoms with van der Waals surface area (Å²) in [6.45, 7) is 4.14. The molecule has 9 heteroatoms. The molecule has 2 aromatic rings. The Bertz CT molecular complexity index is 1140. The third kappa shape index (κ3) is 4.81. The fourth-order valence-corrected chi connectivity index (χ4v) is 4.89. The number of nitriles is 1. The average Bonchev–Trinajstić information content (AvgIpc) is 2.67. The standard InChI is InChI=1S/C22H24N4O4S/c1-3-7-20(27)19-10-17(11-23)21(25-15(19)2)26(22(28)18-12-24-13-18)31(29,30)14-16-8-5-4-6-9-16/h4-6,8-10,18,24H,3,7,12-14H2,1-2H3. The SMILES string of the molecule is CCCC(=O)c1cc(C#N)c(N(C(=O)C2CNC2)S(=O)(=O)Cc2ccccc2)nc1C. The second-order valence-electron chi connectivity index (χ2n) is 7.48. The number of benzene rings is 1. The summed E-state index contributed by atoms with van der Waals surface area (Å²) in [6.07, 6.45) is 0.919. The molecule has 0 saturated carbocycles. The van der Waals surface area contributed by atoms with Crippen molar-refractivity contribution in [3.8, 4) is 6.07 Å². The van der Waals surface area contributed by atoms with Gasteiger partial charge in [-0.2, -0.15) is 9.57 Å². The number of ketones is 1. The highest BCUT2D eigenvalue weighted by Gasteiger charge is 2.39. The number of Topliss-reactive ketones (excluding diaryl/α,β-unsaturated/α-hetero) is 1. The van der Waals surface area contributed by atoms with Crippen LogP contribution in [0.5, 0.6) is 0 Å². The highest BCUT2D eigenvalue weighted by molar-refractivity contribution is 7.92. The highest BCUT2D eigenvalue weighted by atomic mass is 32.2. The van der Waals surface area contributed by atoms with Crippen LogP contribution in [0.1, 0.15) is 46.9 Å². The third-order valence-corrected chi connectivity index (χ3v) is 6.69. The van der Waals surface area contributed by atoms with Gasteiger partial charge in [0, 0.05) is 25.1 Å². The molecule has 0 spiro atoms. The maximum atomic E-state index is 13.4. The molecule has 1 aromatic heterocycles. The zero-order valence-corrected chi connectivity index (χ0v) is 18.3. The van der Waals surface area contributed by atoms with Gasteiger partial charge >= 0.3 is 0 Å². The first-order chi connectivity index (χ1) is 14.8. The van der Waals surface area contributed by atoms with Crippen molar-refractivity contribution < 1.29 is 18.0 Å². The summed E-state index contributed by atoms with van der Waals surface area (Å²) in [5, 5.41) is 12.7. The Morgan fingerprint density at radius 2 is 1.94 bits per heavy atom. The van der Waals surface area contributed by atoms with Crippen molar-refractivity contribution in [3.63, 3.8) is 0 Å². The molecule has 3 rings (SSSR count). The van der Waals surface area contributed by atoms with Gasteiger partial charge in [0.25, 0.3) is 0 Å². The van der Waals surface area contributed by atoms with E-state index in [1.54, 1.807) is 37.3 Å². The number of amides is 1. The lowest BCUT2D eigenvalue weighted by atomic mass is 10.0. The second-order valence-corrected chi connectivity index (χ2v) is 9.29. The Morgan fingerprint density at radius 3 is 2.48 bits per heavy atom. The molecule has 1 amide bonds. The molecule has 1 N–H and O–H groups in total. The lowest BCUT2D eigenvalue weighted by molar-refractivity contribution is -0.122. The summed E-state index contributed by atoms with van der Waals surface area (Å²) in [6, 6.07) is 11.8. The molecule has 0 bridgehead atoms. The summed E-state index contributed by atoms with van der Waals surface area (Å²) >= 11 is 0. The van der Waals surface area contributed by atoms with Gasteiger partial charge in [-0.1, -0.05) is 37.3 Å². The summed E-state index contributed by atoms with van der Waals surface area (Å²) in [7, 11) is -4.18. The van der Waals surface area contributed by atoms with Gasteiger partial charge in [0.05, 0.1) is 22.9 Å². The normalized spacial score (nSPS) is 13.8. The van der Waals surface area contributed by atoms with E-state index >= 15 is 0 Å².